The van der Waals surface area contributed by atoms with Gasteiger partial charge in [-0.05, 0) is 18.6 Å². The Morgan fingerprint density at radius 3 is 2.17 bits per heavy atom. The number of hydrogen-bond donors (Lipinski definition) is 0. The molecule has 4 nitrogen and oxygen atoms in total. The van der Waals surface area contributed by atoms with Gasteiger partial charge in [0.2, 0.25) is 0 Å². The SMILES string of the molecule is O=C(CCCCl)CN1C(=O)c2ccccc2C1=O. The molecule has 94 valence electrons. The van der Waals surface area contributed by atoms with Crippen LogP contribution in [0.15, 0.2) is 24.3 Å². The van der Waals surface area contributed by atoms with E-state index in [-0.39, 0.29) is 18.7 Å². The zero-order chi connectivity index (χ0) is 13.1. The van der Waals surface area contributed by atoms with E-state index in [1.54, 1.807) is 24.3 Å². The second kappa shape index (κ2) is 5.31. The highest BCUT2D eigenvalue weighted by atomic mass is 35.5. The summed E-state index contributed by atoms with van der Waals surface area (Å²) in [5, 5.41) is 0. The molecule has 2 amide bonds. The molecule has 0 aliphatic carbocycles. The Hall–Kier alpha value is -1.68. The van der Waals surface area contributed by atoms with Gasteiger partial charge in [-0.25, -0.2) is 0 Å². The number of hydrogen-bond acceptors (Lipinski definition) is 3. The molecule has 1 heterocycles. The van der Waals surface area contributed by atoms with Crippen molar-refractivity contribution in [1.29, 1.82) is 0 Å². The number of carbonyl (C=O) groups excluding carboxylic acids is 3. The zero-order valence-corrected chi connectivity index (χ0v) is 10.4. The lowest BCUT2D eigenvalue weighted by Crippen LogP contribution is -2.34. The fraction of sp³-hybridized carbons (Fsp3) is 0.308. The number of benzene rings is 1. The van der Waals surface area contributed by atoms with Gasteiger partial charge >= 0.3 is 0 Å². The van der Waals surface area contributed by atoms with E-state index in [0.717, 1.165) is 4.90 Å². The predicted molar refractivity (Wildman–Crippen MR) is 66.8 cm³/mol. The number of carbonyl (C=O) groups is 3. The van der Waals surface area contributed by atoms with Gasteiger partial charge in [0.15, 0.2) is 5.78 Å². The molecular formula is C13H12ClNO3. The molecule has 5 heteroatoms. The summed E-state index contributed by atoms with van der Waals surface area (Å²) in [5.41, 5.74) is 0.736. The summed E-state index contributed by atoms with van der Waals surface area (Å²) in [6, 6.07) is 6.59. The Kier molecular flexibility index (Phi) is 3.77. The van der Waals surface area contributed by atoms with Crippen LogP contribution in [0.5, 0.6) is 0 Å². The summed E-state index contributed by atoms with van der Waals surface area (Å²) < 4.78 is 0. The molecule has 1 aromatic rings. The second-order valence-electron chi connectivity index (χ2n) is 4.07. The average Bonchev–Trinajstić information content (AvgIpc) is 2.62. The first-order valence-electron chi connectivity index (χ1n) is 5.68. The topological polar surface area (TPSA) is 54.5 Å². The number of alkyl halides is 1. The van der Waals surface area contributed by atoms with Gasteiger partial charge < -0.3 is 0 Å². The molecule has 0 saturated carbocycles. The van der Waals surface area contributed by atoms with Crippen molar-refractivity contribution in [2.75, 3.05) is 12.4 Å². The highest BCUT2D eigenvalue weighted by molar-refractivity contribution is 6.22. The third-order valence-corrected chi connectivity index (χ3v) is 3.07. The standard InChI is InChI=1S/C13H12ClNO3/c14-7-3-4-9(16)8-15-12(17)10-5-1-2-6-11(10)13(15)18/h1-2,5-6H,3-4,7-8H2. The molecule has 0 unspecified atom stereocenters. The largest absolute Gasteiger partial charge is 0.298 e. The minimum Gasteiger partial charge on any atom is -0.298 e. The van der Waals surface area contributed by atoms with Crippen molar-refractivity contribution >= 4 is 29.2 Å². The van der Waals surface area contributed by atoms with Gasteiger partial charge in [-0.2, -0.15) is 0 Å². The van der Waals surface area contributed by atoms with Crippen molar-refractivity contribution in [3.63, 3.8) is 0 Å². The van der Waals surface area contributed by atoms with Gasteiger partial charge in [0.1, 0.15) is 0 Å². The lowest BCUT2D eigenvalue weighted by atomic mass is 10.1. The summed E-state index contributed by atoms with van der Waals surface area (Å²) in [5.74, 6) is -0.539. The number of Topliss-reactive ketones (excluding diaryl/α,β-unsaturated/α-hetero) is 1. The Morgan fingerprint density at radius 1 is 1.11 bits per heavy atom. The van der Waals surface area contributed by atoms with Gasteiger partial charge in [0, 0.05) is 12.3 Å². The molecule has 2 rings (SSSR count). The Morgan fingerprint density at radius 2 is 1.67 bits per heavy atom. The zero-order valence-electron chi connectivity index (χ0n) is 9.69. The minimum absolute atomic E-state index is 0.148. The summed E-state index contributed by atoms with van der Waals surface area (Å²) >= 11 is 5.49. The molecule has 0 spiro atoms. The first kappa shape index (κ1) is 12.8. The number of amides is 2. The van der Waals surface area contributed by atoms with Crippen molar-refractivity contribution in [3.8, 4) is 0 Å². The molecule has 1 aliphatic heterocycles. The monoisotopic (exact) mass is 265 g/mol. The number of fused-ring (bicyclic) bond motifs is 1. The normalized spacial score (nSPS) is 13.9. The highest BCUT2D eigenvalue weighted by Gasteiger charge is 2.35. The van der Waals surface area contributed by atoms with Crippen LogP contribution in [0.1, 0.15) is 33.6 Å². The van der Waals surface area contributed by atoms with Crippen LogP contribution >= 0.6 is 11.6 Å². The molecule has 18 heavy (non-hydrogen) atoms. The average molecular weight is 266 g/mol. The van der Waals surface area contributed by atoms with Crippen LogP contribution < -0.4 is 0 Å². The van der Waals surface area contributed by atoms with Gasteiger partial charge in [0.05, 0.1) is 17.7 Å². The van der Waals surface area contributed by atoms with Crippen molar-refractivity contribution in [2.24, 2.45) is 0 Å². The van der Waals surface area contributed by atoms with Crippen molar-refractivity contribution in [1.82, 2.24) is 4.90 Å². The van der Waals surface area contributed by atoms with Crippen LogP contribution in [-0.2, 0) is 4.79 Å². The maximum Gasteiger partial charge on any atom is 0.261 e. The van der Waals surface area contributed by atoms with E-state index in [1.165, 1.54) is 0 Å². The summed E-state index contributed by atoms with van der Waals surface area (Å²) in [4.78, 5) is 36.5. The molecule has 0 radical (unpaired) electrons. The van der Waals surface area contributed by atoms with Crippen molar-refractivity contribution in [2.45, 2.75) is 12.8 Å². The van der Waals surface area contributed by atoms with Gasteiger partial charge in [-0.1, -0.05) is 12.1 Å². The molecule has 0 atom stereocenters. The number of imide groups is 1. The molecule has 1 aliphatic rings. The van der Waals surface area contributed by atoms with Crippen LogP contribution in [0.3, 0.4) is 0 Å². The van der Waals surface area contributed by atoms with Gasteiger partial charge in [-0.3, -0.25) is 19.3 Å². The molecule has 0 bridgehead atoms. The summed E-state index contributed by atoms with van der Waals surface area (Å²) in [6.45, 7) is -0.163. The lowest BCUT2D eigenvalue weighted by molar-refractivity contribution is -0.119. The summed E-state index contributed by atoms with van der Waals surface area (Å²) in [6.07, 6.45) is 0.848. The van der Waals surface area contributed by atoms with Crippen LogP contribution in [-0.4, -0.2) is 34.9 Å². The van der Waals surface area contributed by atoms with E-state index in [9.17, 15) is 14.4 Å². The number of halogens is 1. The molecular weight excluding hydrogens is 254 g/mol. The quantitative estimate of drug-likeness (QED) is 0.603. The van der Waals surface area contributed by atoms with Crippen molar-refractivity contribution in [3.05, 3.63) is 35.4 Å². The third kappa shape index (κ3) is 2.29. The smallest absolute Gasteiger partial charge is 0.261 e. The molecule has 0 fully saturated rings. The maximum atomic E-state index is 11.9. The first-order valence-corrected chi connectivity index (χ1v) is 6.21. The van der Waals surface area contributed by atoms with Crippen molar-refractivity contribution < 1.29 is 14.4 Å². The van der Waals surface area contributed by atoms with E-state index in [0.29, 0.717) is 23.4 Å². The summed E-state index contributed by atoms with van der Waals surface area (Å²) in [7, 11) is 0. The minimum atomic E-state index is -0.394. The van der Waals surface area contributed by atoms with E-state index < -0.39 is 11.8 Å². The molecule has 0 N–H and O–H groups in total. The second-order valence-corrected chi connectivity index (χ2v) is 4.45. The van der Waals surface area contributed by atoms with E-state index in [4.69, 9.17) is 11.6 Å². The van der Waals surface area contributed by atoms with E-state index in [2.05, 4.69) is 0 Å². The van der Waals surface area contributed by atoms with Crippen LogP contribution in [0.2, 0.25) is 0 Å². The Labute approximate surface area is 110 Å². The fourth-order valence-corrected chi connectivity index (χ4v) is 2.04. The van der Waals surface area contributed by atoms with Crippen LogP contribution in [0.4, 0.5) is 0 Å². The fourth-order valence-electron chi connectivity index (χ4n) is 1.90. The number of ketones is 1. The lowest BCUT2D eigenvalue weighted by Gasteiger charge is -2.12. The first-order chi connectivity index (χ1) is 8.65. The molecule has 0 aromatic heterocycles. The molecule has 0 saturated heterocycles. The molecule has 1 aromatic carbocycles. The van der Waals surface area contributed by atoms with Gasteiger partial charge in [0.25, 0.3) is 11.8 Å². The Balaban J connectivity index is 2.11. The highest BCUT2D eigenvalue weighted by Crippen LogP contribution is 2.22. The third-order valence-electron chi connectivity index (χ3n) is 2.80. The van der Waals surface area contributed by atoms with Gasteiger partial charge in [-0.15, -0.1) is 11.6 Å². The maximum absolute atomic E-state index is 11.9. The predicted octanol–water partition coefficient (Wildman–Crippen LogP) is 1.87. The van der Waals surface area contributed by atoms with E-state index >= 15 is 0 Å². The number of nitrogens with zero attached hydrogens (tertiary/aromatic N) is 1. The Bertz CT molecular complexity index is 478. The van der Waals surface area contributed by atoms with E-state index in [1.807, 2.05) is 0 Å². The number of rotatable bonds is 5. The van der Waals surface area contributed by atoms with Crippen LogP contribution in [0, 0.1) is 0 Å². The van der Waals surface area contributed by atoms with Crippen LogP contribution in [0.25, 0.3) is 0 Å².